The number of hydrogen-bond donors (Lipinski definition) is 5. The van der Waals surface area contributed by atoms with Crippen molar-refractivity contribution in [3.8, 4) is 0 Å². The molecule has 0 amide bonds. The van der Waals surface area contributed by atoms with E-state index in [2.05, 4.69) is 5.32 Å². The van der Waals surface area contributed by atoms with Crippen molar-refractivity contribution < 1.29 is 48.6 Å². The van der Waals surface area contributed by atoms with E-state index < -0.39 is 49.9 Å². The Morgan fingerprint density at radius 3 is 1.64 bits per heavy atom. The minimum atomic E-state index is -4.74. The molecule has 4 rings (SSSR count). The van der Waals surface area contributed by atoms with Gasteiger partial charge in [-0.1, -0.05) is 71.8 Å². The Bertz CT molecular complexity index is 1700. The van der Waals surface area contributed by atoms with Crippen LogP contribution in [0.4, 0.5) is 17.6 Å². The van der Waals surface area contributed by atoms with Gasteiger partial charge >= 0.3 is 6.18 Å². The highest BCUT2D eigenvalue weighted by Crippen LogP contribution is 2.31. The fraction of sp³-hybridized carbons (Fsp3) is 0.250. The highest BCUT2D eigenvalue weighted by molar-refractivity contribution is 7.86. The summed E-state index contributed by atoms with van der Waals surface area (Å²) in [6.07, 6.45) is -5.11. The Hall–Kier alpha value is -3.70. The molecule has 0 spiro atoms. The minimum Gasteiger partial charge on any atom is -0.390 e. The number of nitrogens with one attached hydrogen (secondary N) is 1. The topological polar surface area (TPSA) is 167 Å². The maximum absolute atomic E-state index is 13.2. The summed E-state index contributed by atoms with van der Waals surface area (Å²) >= 11 is 0. The van der Waals surface area contributed by atoms with Crippen molar-refractivity contribution in [3.05, 3.63) is 131 Å². The molecule has 9 nitrogen and oxygen atoms in total. The van der Waals surface area contributed by atoms with Gasteiger partial charge in [0.05, 0.1) is 21.5 Å². The van der Waals surface area contributed by atoms with Crippen LogP contribution >= 0.6 is 0 Å². The molecule has 6 N–H and O–H groups in total. The molecule has 2 atom stereocenters. The Morgan fingerprint density at radius 2 is 1.21 bits per heavy atom. The molecule has 4 aromatic rings. The SMILES string of the molecule is Cc1ccc(S(=O)(=O)O)cc1.Cc1ccc(S(=O)(=O)O)cc1.N[C@@H](Cc1ccccc1)[C@H](O)CNCc1ccc(F)c(C(F)(F)F)c1. The smallest absolute Gasteiger partial charge is 0.390 e. The third kappa shape index (κ3) is 14.3. The molecule has 0 aromatic heterocycles. The highest BCUT2D eigenvalue weighted by Gasteiger charge is 2.34. The van der Waals surface area contributed by atoms with E-state index in [0.717, 1.165) is 28.8 Å². The number of alkyl halides is 3. The van der Waals surface area contributed by atoms with E-state index in [1.807, 2.05) is 44.2 Å². The van der Waals surface area contributed by atoms with Crippen LogP contribution in [-0.2, 0) is 39.4 Å². The maximum atomic E-state index is 13.2. The number of halogens is 4. The highest BCUT2D eigenvalue weighted by atomic mass is 32.2. The monoisotopic (exact) mass is 700 g/mol. The van der Waals surface area contributed by atoms with Crippen molar-refractivity contribution >= 4 is 20.2 Å². The first-order chi connectivity index (χ1) is 21.8. The van der Waals surface area contributed by atoms with E-state index in [1.165, 1.54) is 30.3 Å². The van der Waals surface area contributed by atoms with Gasteiger partial charge in [0.2, 0.25) is 0 Å². The van der Waals surface area contributed by atoms with Crippen LogP contribution in [0.25, 0.3) is 0 Å². The fourth-order valence-corrected chi connectivity index (χ4v) is 4.82. The molecule has 0 saturated heterocycles. The lowest BCUT2D eigenvalue weighted by molar-refractivity contribution is -0.140. The molecule has 0 unspecified atom stereocenters. The van der Waals surface area contributed by atoms with E-state index in [-0.39, 0.29) is 28.4 Å². The normalized spacial score (nSPS) is 13.0. The summed E-state index contributed by atoms with van der Waals surface area (Å²) in [6.45, 7) is 3.87. The Kier molecular flexibility index (Phi) is 14.7. The second-order valence-electron chi connectivity index (χ2n) is 10.4. The third-order valence-corrected chi connectivity index (χ3v) is 8.20. The molecule has 0 bridgehead atoms. The molecule has 0 aliphatic rings. The van der Waals surface area contributed by atoms with Gasteiger partial charge in [0.15, 0.2) is 0 Å². The zero-order valence-electron chi connectivity index (χ0n) is 25.4. The molecule has 15 heteroatoms. The van der Waals surface area contributed by atoms with Crippen molar-refractivity contribution in [3.63, 3.8) is 0 Å². The van der Waals surface area contributed by atoms with Gasteiger partial charge in [-0.3, -0.25) is 9.11 Å². The summed E-state index contributed by atoms with van der Waals surface area (Å²) < 4.78 is 110. The largest absolute Gasteiger partial charge is 0.419 e. The fourth-order valence-electron chi connectivity index (χ4n) is 3.86. The van der Waals surface area contributed by atoms with E-state index in [1.54, 1.807) is 24.3 Å². The summed E-state index contributed by atoms with van der Waals surface area (Å²) in [6, 6.07) is 23.7. The van der Waals surface area contributed by atoms with Gasteiger partial charge in [-0.25, -0.2) is 4.39 Å². The van der Waals surface area contributed by atoms with Crippen molar-refractivity contribution in [2.24, 2.45) is 5.73 Å². The number of nitrogens with two attached hydrogens (primary N) is 1. The Labute approximate surface area is 271 Å². The quantitative estimate of drug-likeness (QED) is 0.114. The van der Waals surface area contributed by atoms with Crippen LogP contribution in [-0.4, -0.2) is 49.7 Å². The first kappa shape index (κ1) is 39.5. The lowest BCUT2D eigenvalue weighted by atomic mass is 10.0. The van der Waals surface area contributed by atoms with Gasteiger partial charge in [0.1, 0.15) is 5.82 Å². The van der Waals surface area contributed by atoms with E-state index in [0.29, 0.717) is 6.42 Å². The number of hydrogen-bond acceptors (Lipinski definition) is 7. The van der Waals surface area contributed by atoms with Crippen molar-refractivity contribution in [1.82, 2.24) is 5.32 Å². The maximum Gasteiger partial charge on any atom is 0.419 e. The van der Waals surface area contributed by atoms with Crippen LogP contribution in [0.2, 0.25) is 0 Å². The summed E-state index contributed by atoms with van der Waals surface area (Å²) in [5.41, 5.74) is 7.82. The number of aryl methyl sites for hydroxylation is 2. The molecule has 4 aromatic carbocycles. The van der Waals surface area contributed by atoms with Crippen LogP contribution in [0.3, 0.4) is 0 Å². The van der Waals surface area contributed by atoms with Gasteiger partial charge in [-0.15, -0.1) is 0 Å². The molecule has 0 aliphatic heterocycles. The zero-order chi connectivity index (χ0) is 35.4. The second-order valence-corrected chi connectivity index (χ2v) is 13.3. The Balaban J connectivity index is 0.000000287. The molecule has 47 heavy (non-hydrogen) atoms. The lowest BCUT2D eigenvalue weighted by Gasteiger charge is -2.19. The summed E-state index contributed by atoms with van der Waals surface area (Å²) in [5, 5.41) is 12.9. The summed E-state index contributed by atoms with van der Waals surface area (Å²) in [5.74, 6) is -1.30. The van der Waals surface area contributed by atoms with E-state index in [4.69, 9.17) is 14.8 Å². The van der Waals surface area contributed by atoms with Gasteiger partial charge < -0.3 is 16.2 Å². The number of rotatable bonds is 9. The molecule has 0 aliphatic carbocycles. The van der Waals surface area contributed by atoms with Crippen LogP contribution < -0.4 is 11.1 Å². The summed E-state index contributed by atoms with van der Waals surface area (Å²) in [7, 11) is -8.04. The average Bonchev–Trinajstić information content (AvgIpc) is 2.98. The van der Waals surface area contributed by atoms with E-state index >= 15 is 0 Å². The number of aliphatic hydroxyl groups is 1. The first-order valence-corrected chi connectivity index (χ1v) is 16.8. The van der Waals surface area contributed by atoms with Crippen molar-refractivity contribution in [2.45, 2.75) is 54.9 Å². The predicted octanol–water partition coefficient (Wildman–Crippen LogP) is 5.35. The average molecular weight is 701 g/mol. The van der Waals surface area contributed by atoms with Gasteiger partial charge in [-0.2, -0.15) is 30.0 Å². The van der Waals surface area contributed by atoms with E-state index in [9.17, 15) is 39.5 Å². The van der Waals surface area contributed by atoms with Crippen LogP contribution in [0.5, 0.6) is 0 Å². The molecule has 0 heterocycles. The molecule has 0 saturated carbocycles. The van der Waals surface area contributed by atoms with Gasteiger partial charge in [0, 0.05) is 19.1 Å². The molecular formula is C32H36F4N2O7S2. The van der Waals surface area contributed by atoms with Gasteiger partial charge in [-0.05, 0) is 67.8 Å². The second kappa shape index (κ2) is 17.5. The van der Waals surface area contributed by atoms with Crippen molar-refractivity contribution in [2.75, 3.05) is 6.54 Å². The lowest BCUT2D eigenvalue weighted by Crippen LogP contribution is -2.43. The van der Waals surface area contributed by atoms with Crippen LogP contribution in [0.15, 0.2) is 107 Å². The molecule has 0 radical (unpaired) electrons. The molecule has 0 fully saturated rings. The Morgan fingerprint density at radius 1 is 0.745 bits per heavy atom. The standard InChI is InChI=1S/C18H20F4N2O.2C7H8O3S/c19-15-7-6-13(8-14(15)18(20,21)22)10-24-11-17(25)16(23)9-12-4-2-1-3-5-12;2*1-6-2-4-7(5-3-6)11(8,9)10/h1-8,16-17,24-25H,9-11,23H2;2*2-5H,1H3,(H,8,9,10)/t16-,17+;;/m0../s1. The molecule has 256 valence electrons. The minimum absolute atomic E-state index is 0.0666. The zero-order valence-corrected chi connectivity index (χ0v) is 27.0. The van der Waals surface area contributed by atoms with Gasteiger partial charge in [0.25, 0.3) is 20.2 Å². The number of benzene rings is 4. The van der Waals surface area contributed by atoms with Crippen LogP contribution in [0, 0.1) is 19.7 Å². The number of aliphatic hydroxyl groups excluding tert-OH is 1. The predicted molar refractivity (Wildman–Crippen MR) is 169 cm³/mol. The first-order valence-electron chi connectivity index (χ1n) is 13.9. The summed E-state index contributed by atoms with van der Waals surface area (Å²) in [4.78, 5) is -0.133. The third-order valence-electron chi connectivity index (χ3n) is 6.46. The van der Waals surface area contributed by atoms with Crippen LogP contribution in [0.1, 0.15) is 27.8 Å². The molecular weight excluding hydrogens is 664 g/mol. The van der Waals surface area contributed by atoms with Crippen molar-refractivity contribution in [1.29, 1.82) is 0 Å².